The lowest BCUT2D eigenvalue weighted by Gasteiger charge is -2.31. The smallest absolute Gasteiger partial charge is 0.264 e. The number of allylic oxidation sites excluding steroid dienone is 3. The van der Waals surface area contributed by atoms with Crippen LogP contribution in [0, 0.1) is 0 Å². The molecule has 2 rings (SSSR count). The van der Waals surface area contributed by atoms with Gasteiger partial charge in [-0.15, -0.1) is 0 Å². The van der Waals surface area contributed by atoms with Crippen molar-refractivity contribution in [2.45, 2.75) is 90.4 Å². The van der Waals surface area contributed by atoms with Crippen molar-refractivity contribution in [1.82, 2.24) is 9.62 Å². The van der Waals surface area contributed by atoms with Crippen molar-refractivity contribution in [3.63, 3.8) is 0 Å². The summed E-state index contributed by atoms with van der Waals surface area (Å²) in [6.45, 7) is 14.8. The second kappa shape index (κ2) is 11.2. The summed E-state index contributed by atoms with van der Waals surface area (Å²) >= 11 is 0. The maximum absolute atomic E-state index is 14.3. The molecule has 6 heteroatoms. The molecule has 1 aliphatic carbocycles. The van der Waals surface area contributed by atoms with Crippen molar-refractivity contribution in [3.05, 3.63) is 52.7 Å². The largest absolute Gasteiger partial charge is 0.354 e. The van der Waals surface area contributed by atoms with Crippen LogP contribution in [0.1, 0.15) is 102 Å². The van der Waals surface area contributed by atoms with Crippen LogP contribution in [0.3, 0.4) is 0 Å². The minimum absolute atomic E-state index is 0.0675. The Bertz CT molecular complexity index is 944. The fourth-order valence-electron chi connectivity index (χ4n) is 3.93. The van der Waals surface area contributed by atoms with Gasteiger partial charge in [0.2, 0.25) is 5.91 Å². The van der Waals surface area contributed by atoms with Crippen LogP contribution >= 0.6 is 0 Å². The Hall–Kier alpha value is -2.08. The van der Waals surface area contributed by atoms with E-state index < -0.39 is 10.0 Å². The van der Waals surface area contributed by atoms with Crippen LogP contribution < -0.4 is 5.32 Å². The van der Waals surface area contributed by atoms with Gasteiger partial charge < -0.3 is 5.32 Å². The van der Waals surface area contributed by atoms with Crippen LogP contribution in [0.2, 0.25) is 0 Å². The first-order chi connectivity index (χ1) is 15.0. The molecular weight excluding hydrogens is 420 g/mol. The molecule has 0 saturated heterocycles. The molecule has 1 aromatic rings. The van der Waals surface area contributed by atoms with Crippen molar-refractivity contribution < 1.29 is 13.2 Å². The zero-order valence-electron chi connectivity index (χ0n) is 20.7. The van der Waals surface area contributed by atoms with Gasteiger partial charge in [0.15, 0.2) is 0 Å². The van der Waals surface area contributed by atoms with Crippen LogP contribution in [0.4, 0.5) is 0 Å². The third kappa shape index (κ3) is 6.03. The number of hydrogen-bond donors (Lipinski definition) is 1. The summed E-state index contributed by atoms with van der Waals surface area (Å²) in [5.74, 6) is 0.371. The fourth-order valence-corrected chi connectivity index (χ4v) is 6.12. The van der Waals surface area contributed by atoms with E-state index in [0.717, 1.165) is 22.4 Å². The van der Waals surface area contributed by atoms with Crippen molar-refractivity contribution >= 4 is 15.9 Å². The number of hydrogen-bond acceptors (Lipinski definition) is 3. The van der Waals surface area contributed by atoms with Crippen LogP contribution in [-0.2, 0) is 14.8 Å². The summed E-state index contributed by atoms with van der Waals surface area (Å²) in [7, 11) is -3.82. The summed E-state index contributed by atoms with van der Waals surface area (Å²) in [4.78, 5) is 12.2. The maximum atomic E-state index is 14.3. The van der Waals surface area contributed by atoms with Crippen LogP contribution in [-0.4, -0.2) is 31.7 Å². The molecule has 178 valence electrons. The van der Waals surface area contributed by atoms with Crippen molar-refractivity contribution in [2.24, 2.45) is 0 Å². The number of benzene rings is 1. The van der Waals surface area contributed by atoms with E-state index in [9.17, 15) is 13.2 Å². The van der Waals surface area contributed by atoms with Gasteiger partial charge in [0.05, 0.1) is 11.4 Å². The standard InChI is InChI=1S/C26H40N2O3S/c1-8-25(29)27-14-15-28(22-12-10-9-11-13-22)32(30,31)26-23(19(4)5)16-21(18(2)3)17-24(26)20(6)7/h9-10,13,16-20H,8,11-12,14-15H2,1-7H3,(H,27,29). The Morgan fingerprint density at radius 2 is 1.59 bits per heavy atom. The molecule has 0 saturated carbocycles. The molecule has 1 N–H and O–H groups in total. The van der Waals surface area contributed by atoms with Gasteiger partial charge >= 0.3 is 0 Å². The van der Waals surface area contributed by atoms with Gasteiger partial charge in [0.25, 0.3) is 10.0 Å². The molecule has 0 aromatic heterocycles. The molecule has 1 aromatic carbocycles. The molecular formula is C26H40N2O3S. The normalized spacial score (nSPS) is 14.2. The summed E-state index contributed by atoms with van der Waals surface area (Å²) in [6.07, 6.45) is 7.69. The number of carbonyl (C=O) groups is 1. The Kier molecular flexibility index (Phi) is 9.14. The van der Waals surface area contributed by atoms with Crippen LogP contribution in [0.15, 0.2) is 41.0 Å². The van der Waals surface area contributed by atoms with Crippen molar-refractivity contribution in [3.8, 4) is 0 Å². The van der Waals surface area contributed by atoms with Gasteiger partial charge in [-0.25, -0.2) is 8.42 Å². The van der Waals surface area contributed by atoms with Crippen LogP contribution in [0.25, 0.3) is 0 Å². The molecule has 1 aliphatic rings. The Balaban J connectivity index is 2.66. The van der Waals surface area contributed by atoms with E-state index in [1.165, 1.54) is 4.31 Å². The number of nitrogens with zero attached hydrogens (tertiary/aromatic N) is 1. The third-order valence-corrected chi connectivity index (χ3v) is 7.87. The topological polar surface area (TPSA) is 66.5 Å². The molecule has 0 atom stereocenters. The second-order valence-corrected chi connectivity index (χ2v) is 11.2. The van der Waals surface area contributed by atoms with Gasteiger partial charge in [-0.05, 0) is 40.9 Å². The Morgan fingerprint density at radius 3 is 2.03 bits per heavy atom. The molecule has 1 amide bonds. The van der Waals surface area contributed by atoms with E-state index in [2.05, 4.69) is 59.0 Å². The third-order valence-electron chi connectivity index (χ3n) is 5.89. The molecule has 0 aliphatic heterocycles. The lowest BCUT2D eigenvalue weighted by Crippen LogP contribution is -2.39. The zero-order chi connectivity index (χ0) is 24.1. The number of rotatable bonds is 10. The number of sulfonamides is 1. The summed E-state index contributed by atoms with van der Waals surface area (Å²) in [5.41, 5.74) is 3.68. The van der Waals surface area contributed by atoms with E-state index in [4.69, 9.17) is 0 Å². The molecule has 32 heavy (non-hydrogen) atoms. The predicted molar refractivity (Wildman–Crippen MR) is 132 cm³/mol. The van der Waals surface area contributed by atoms with Crippen molar-refractivity contribution in [2.75, 3.05) is 13.1 Å². The lowest BCUT2D eigenvalue weighted by molar-refractivity contribution is -0.120. The average Bonchev–Trinajstić information content (AvgIpc) is 2.75. The van der Waals surface area contributed by atoms with E-state index in [1.54, 1.807) is 6.92 Å². The van der Waals surface area contributed by atoms with Gasteiger partial charge in [-0.1, -0.05) is 78.8 Å². The minimum atomic E-state index is -3.82. The van der Waals surface area contributed by atoms with E-state index in [1.807, 2.05) is 18.2 Å². The first kappa shape index (κ1) is 26.2. The number of carbonyl (C=O) groups excluding carboxylic acids is 1. The molecule has 0 bridgehead atoms. The number of amides is 1. The zero-order valence-corrected chi connectivity index (χ0v) is 21.6. The SMILES string of the molecule is CCC(=O)NCCN(C1=CCC=CC1)S(=O)(=O)c1c(C(C)C)cc(C(C)C)cc1C(C)C. The fraction of sp³-hybridized carbons (Fsp3) is 0.577. The van der Waals surface area contributed by atoms with E-state index in [-0.39, 0.29) is 30.8 Å². The van der Waals surface area contributed by atoms with Crippen molar-refractivity contribution in [1.29, 1.82) is 0 Å². The Morgan fingerprint density at radius 1 is 1.00 bits per heavy atom. The summed E-state index contributed by atoms with van der Waals surface area (Å²) in [6, 6.07) is 4.14. The quantitative estimate of drug-likeness (QED) is 0.448. The highest BCUT2D eigenvalue weighted by Crippen LogP contribution is 2.38. The van der Waals surface area contributed by atoms with E-state index >= 15 is 0 Å². The number of nitrogens with one attached hydrogen (secondary N) is 1. The summed E-state index contributed by atoms with van der Waals surface area (Å²) in [5, 5.41) is 2.83. The predicted octanol–water partition coefficient (Wildman–Crippen LogP) is 5.81. The highest BCUT2D eigenvalue weighted by Gasteiger charge is 2.33. The van der Waals surface area contributed by atoms with Crippen LogP contribution in [0.5, 0.6) is 0 Å². The maximum Gasteiger partial charge on any atom is 0.264 e. The second-order valence-electron chi connectivity index (χ2n) is 9.38. The van der Waals surface area contributed by atoms with E-state index in [0.29, 0.717) is 30.1 Å². The van der Waals surface area contributed by atoms with Gasteiger partial charge in [-0.3, -0.25) is 9.10 Å². The highest BCUT2D eigenvalue weighted by molar-refractivity contribution is 7.89. The molecule has 5 nitrogen and oxygen atoms in total. The molecule has 0 fully saturated rings. The molecule has 0 unspecified atom stereocenters. The van der Waals surface area contributed by atoms with Gasteiger partial charge in [-0.2, -0.15) is 0 Å². The minimum Gasteiger partial charge on any atom is -0.354 e. The highest BCUT2D eigenvalue weighted by atomic mass is 32.2. The first-order valence-electron chi connectivity index (χ1n) is 11.8. The lowest BCUT2D eigenvalue weighted by atomic mass is 9.89. The average molecular weight is 461 g/mol. The van der Waals surface area contributed by atoms with Gasteiger partial charge in [0.1, 0.15) is 0 Å². The Labute approximate surface area is 195 Å². The monoisotopic (exact) mass is 460 g/mol. The van der Waals surface area contributed by atoms with Gasteiger partial charge in [0, 0.05) is 25.1 Å². The molecule has 0 heterocycles. The molecule has 0 spiro atoms. The summed E-state index contributed by atoms with van der Waals surface area (Å²) < 4.78 is 30.0. The first-order valence-corrected chi connectivity index (χ1v) is 13.3. The molecule has 0 radical (unpaired) electrons.